The van der Waals surface area contributed by atoms with Gasteiger partial charge in [0.05, 0.1) is 12.6 Å². The van der Waals surface area contributed by atoms with Crippen LogP contribution in [0, 0.1) is 0 Å². The third-order valence-electron chi connectivity index (χ3n) is 3.10. The Hall–Kier alpha value is -0.900. The smallest absolute Gasteiger partial charge is 0.0626 e. The number of likely N-dealkylation sites (N-methyl/N-ethyl adjacent to an activating group) is 1. The molecule has 0 saturated carbocycles. The molecule has 1 aromatic carbocycles. The van der Waals surface area contributed by atoms with Gasteiger partial charge in [0.25, 0.3) is 0 Å². The number of benzene rings is 1. The fourth-order valence-corrected chi connectivity index (χ4v) is 1.91. The SMILES string of the molecule is CCN(CC)CCNC(CO)c1ccccc1. The van der Waals surface area contributed by atoms with Crippen LogP contribution < -0.4 is 5.32 Å². The topological polar surface area (TPSA) is 35.5 Å². The molecule has 0 aromatic heterocycles. The molecule has 0 saturated heterocycles. The van der Waals surface area contributed by atoms with Gasteiger partial charge in [-0.3, -0.25) is 0 Å². The van der Waals surface area contributed by atoms with Crippen molar-refractivity contribution in [2.24, 2.45) is 0 Å². The summed E-state index contributed by atoms with van der Waals surface area (Å²) in [6.45, 7) is 8.56. The van der Waals surface area contributed by atoms with Crippen LogP contribution in [-0.2, 0) is 0 Å². The largest absolute Gasteiger partial charge is 0.394 e. The predicted octanol–water partition coefficient (Wildman–Crippen LogP) is 1.65. The molecule has 1 atom stereocenters. The summed E-state index contributed by atoms with van der Waals surface area (Å²) < 4.78 is 0. The first-order valence-electron chi connectivity index (χ1n) is 6.43. The molecule has 0 amide bonds. The second kappa shape index (κ2) is 8.23. The van der Waals surface area contributed by atoms with Crippen LogP contribution in [-0.4, -0.2) is 42.8 Å². The standard InChI is InChI=1S/C14H24N2O/c1-3-16(4-2)11-10-15-14(12-17)13-8-6-5-7-9-13/h5-9,14-15,17H,3-4,10-12H2,1-2H3. The highest BCUT2D eigenvalue weighted by atomic mass is 16.3. The van der Waals surface area contributed by atoms with Crippen LogP contribution in [0.2, 0.25) is 0 Å². The Labute approximate surface area is 104 Å². The summed E-state index contributed by atoms with van der Waals surface area (Å²) in [5.41, 5.74) is 1.15. The van der Waals surface area contributed by atoms with Gasteiger partial charge in [-0.25, -0.2) is 0 Å². The minimum absolute atomic E-state index is 0.0479. The maximum atomic E-state index is 9.38. The van der Waals surface area contributed by atoms with Crippen molar-refractivity contribution in [2.45, 2.75) is 19.9 Å². The van der Waals surface area contributed by atoms with Crippen molar-refractivity contribution in [3.63, 3.8) is 0 Å². The number of nitrogens with one attached hydrogen (secondary N) is 1. The Balaban J connectivity index is 2.38. The molecular formula is C14H24N2O. The van der Waals surface area contributed by atoms with E-state index in [-0.39, 0.29) is 12.6 Å². The third kappa shape index (κ3) is 4.86. The highest BCUT2D eigenvalue weighted by molar-refractivity contribution is 5.18. The van der Waals surface area contributed by atoms with Crippen LogP contribution >= 0.6 is 0 Å². The molecule has 0 bridgehead atoms. The van der Waals surface area contributed by atoms with Gasteiger partial charge in [-0.15, -0.1) is 0 Å². The second-order valence-corrected chi connectivity index (χ2v) is 4.13. The number of aliphatic hydroxyl groups excluding tert-OH is 1. The fourth-order valence-electron chi connectivity index (χ4n) is 1.91. The van der Waals surface area contributed by atoms with Crippen LogP contribution in [0.5, 0.6) is 0 Å². The molecule has 1 rings (SSSR count). The molecule has 1 aromatic rings. The number of aliphatic hydroxyl groups is 1. The zero-order chi connectivity index (χ0) is 12.5. The average Bonchev–Trinajstić information content (AvgIpc) is 2.40. The summed E-state index contributed by atoms with van der Waals surface area (Å²) in [5, 5.41) is 12.8. The molecule has 17 heavy (non-hydrogen) atoms. The van der Waals surface area contributed by atoms with E-state index in [1.807, 2.05) is 30.3 Å². The summed E-state index contributed by atoms with van der Waals surface area (Å²) >= 11 is 0. The van der Waals surface area contributed by atoms with Gasteiger partial charge in [0.2, 0.25) is 0 Å². The first-order valence-corrected chi connectivity index (χ1v) is 6.43. The average molecular weight is 236 g/mol. The van der Waals surface area contributed by atoms with Gasteiger partial charge in [0.1, 0.15) is 0 Å². The van der Waals surface area contributed by atoms with Crippen LogP contribution in [0.3, 0.4) is 0 Å². The van der Waals surface area contributed by atoms with Crippen molar-refractivity contribution in [2.75, 3.05) is 32.8 Å². The number of nitrogens with zero attached hydrogens (tertiary/aromatic N) is 1. The van der Waals surface area contributed by atoms with Gasteiger partial charge in [0, 0.05) is 13.1 Å². The molecule has 2 N–H and O–H groups in total. The monoisotopic (exact) mass is 236 g/mol. The zero-order valence-electron chi connectivity index (χ0n) is 10.9. The minimum atomic E-state index is 0.0479. The molecule has 0 radical (unpaired) electrons. The van der Waals surface area contributed by atoms with E-state index in [9.17, 15) is 5.11 Å². The van der Waals surface area contributed by atoms with Gasteiger partial charge in [-0.2, -0.15) is 0 Å². The van der Waals surface area contributed by atoms with Gasteiger partial charge in [0.15, 0.2) is 0 Å². The molecule has 0 aliphatic carbocycles. The molecule has 3 nitrogen and oxygen atoms in total. The lowest BCUT2D eigenvalue weighted by atomic mass is 10.1. The van der Waals surface area contributed by atoms with E-state index in [2.05, 4.69) is 24.1 Å². The van der Waals surface area contributed by atoms with Crippen LogP contribution in [0.15, 0.2) is 30.3 Å². The first kappa shape index (κ1) is 14.2. The van der Waals surface area contributed by atoms with E-state index >= 15 is 0 Å². The molecule has 0 spiro atoms. The van der Waals surface area contributed by atoms with E-state index < -0.39 is 0 Å². The van der Waals surface area contributed by atoms with E-state index in [4.69, 9.17) is 0 Å². The molecule has 96 valence electrons. The van der Waals surface area contributed by atoms with E-state index in [0.717, 1.165) is 31.7 Å². The van der Waals surface area contributed by atoms with E-state index in [0.29, 0.717) is 0 Å². The predicted molar refractivity (Wildman–Crippen MR) is 72.1 cm³/mol. The lowest BCUT2D eigenvalue weighted by molar-refractivity contribution is 0.233. The molecule has 0 fully saturated rings. The van der Waals surface area contributed by atoms with Crippen LogP contribution in [0.1, 0.15) is 25.5 Å². The number of hydrogen-bond acceptors (Lipinski definition) is 3. The molecule has 0 aliphatic rings. The third-order valence-corrected chi connectivity index (χ3v) is 3.10. The normalized spacial score (nSPS) is 12.9. The van der Waals surface area contributed by atoms with Gasteiger partial charge in [-0.1, -0.05) is 44.2 Å². The van der Waals surface area contributed by atoms with E-state index in [1.165, 1.54) is 0 Å². The van der Waals surface area contributed by atoms with Crippen LogP contribution in [0.25, 0.3) is 0 Å². The van der Waals surface area contributed by atoms with Crippen molar-refractivity contribution in [3.05, 3.63) is 35.9 Å². The Morgan fingerprint density at radius 3 is 2.35 bits per heavy atom. The molecule has 0 heterocycles. The quantitative estimate of drug-likeness (QED) is 0.720. The summed E-state index contributed by atoms with van der Waals surface area (Å²) in [5.74, 6) is 0. The van der Waals surface area contributed by atoms with Crippen molar-refractivity contribution in [1.82, 2.24) is 10.2 Å². The van der Waals surface area contributed by atoms with E-state index in [1.54, 1.807) is 0 Å². The summed E-state index contributed by atoms with van der Waals surface area (Å²) in [6.07, 6.45) is 0. The van der Waals surface area contributed by atoms with Crippen molar-refractivity contribution in [1.29, 1.82) is 0 Å². The Kier molecular flexibility index (Phi) is 6.86. The van der Waals surface area contributed by atoms with Crippen molar-refractivity contribution < 1.29 is 5.11 Å². The zero-order valence-corrected chi connectivity index (χ0v) is 10.9. The molecule has 3 heteroatoms. The first-order chi connectivity index (χ1) is 8.31. The number of hydrogen-bond donors (Lipinski definition) is 2. The van der Waals surface area contributed by atoms with Gasteiger partial charge < -0.3 is 15.3 Å². The molecule has 1 unspecified atom stereocenters. The van der Waals surface area contributed by atoms with Gasteiger partial charge in [-0.05, 0) is 18.7 Å². The minimum Gasteiger partial charge on any atom is -0.394 e. The number of rotatable bonds is 8. The molecular weight excluding hydrogens is 212 g/mol. The van der Waals surface area contributed by atoms with Gasteiger partial charge >= 0.3 is 0 Å². The lowest BCUT2D eigenvalue weighted by Crippen LogP contribution is -2.34. The van der Waals surface area contributed by atoms with Crippen molar-refractivity contribution >= 4 is 0 Å². The Morgan fingerprint density at radius 2 is 1.82 bits per heavy atom. The maximum Gasteiger partial charge on any atom is 0.0626 e. The van der Waals surface area contributed by atoms with Crippen molar-refractivity contribution in [3.8, 4) is 0 Å². The Morgan fingerprint density at radius 1 is 1.18 bits per heavy atom. The lowest BCUT2D eigenvalue weighted by Gasteiger charge is -2.21. The highest BCUT2D eigenvalue weighted by Crippen LogP contribution is 2.10. The Bertz CT molecular complexity index is 286. The van der Waals surface area contributed by atoms with Crippen LogP contribution in [0.4, 0.5) is 0 Å². The summed E-state index contributed by atoms with van der Waals surface area (Å²) in [4.78, 5) is 2.37. The summed E-state index contributed by atoms with van der Waals surface area (Å²) in [6, 6.07) is 10.1. The maximum absolute atomic E-state index is 9.38. The summed E-state index contributed by atoms with van der Waals surface area (Å²) in [7, 11) is 0. The second-order valence-electron chi connectivity index (χ2n) is 4.13. The highest BCUT2D eigenvalue weighted by Gasteiger charge is 2.08. The molecule has 0 aliphatic heterocycles. The fraction of sp³-hybridized carbons (Fsp3) is 0.571.